The molecule has 2 aromatic rings. The van der Waals surface area contributed by atoms with Gasteiger partial charge < -0.3 is 9.88 Å². The first-order valence-electron chi connectivity index (χ1n) is 8.16. The zero-order chi connectivity index (χ0) is 17.3. The Hall–Kier alpha value is -1.93. The molecule has 0 unspecified atom stereocenters. The molecule has 0 spiro atoms. The number of carbonyl (C=O) groups excluding carboxylic acids is 1. The number of aromatic nitrogens is 2. The van der Waals surface area contributed by atoms with E-state index >= 15 is 0 Å². The van der Waals surface area contributed by atoms with Crippen molar-refractivity contribution in [1.82, 2.24) is 19.2 Å². The van der Waals surface area contributed by atoms with Gasteiger partial charge in [-0.3, -0.25) is 4.79 Å². The number of nitrogens with zero attached hydrogens (tertiary/aromatic N) is 3. The third kappa shape index (κ3) is 2.91. The van der Waals surface area contributed by atoms with E-state index in [0.717, 1.165) is 6.42 Å². The van der Waals surface area contributed by atoms with Crippen LogP contribution >= 0.6 is 0 Å². The van der Waals surface area contributed by atoms with Crippen molar-refractivity contribution in [3.8, 4) is 0 Å². The maximum atomic E-state index is 12.9. The molecular formula is C16H22N4O3S. The Balaban J connectivity index is 1.77. The minimum atomic E-state index is -3.60. The molecule has 3 heterocycles. The monoisotopic (exact) mass is 350 g/mol. The van der Waals surface area contributed by atoms with Crippen LogP contribution in [0, 0.1) is 5.92 Å². The molecule has 0 saturated carbocycles. The second-order valence-electron chi connectivity index (χ2n) is 6.09. The van der Waals surface area contributed by atoms with Crippen LogP contribution < -0.4 is 0 Å². The van der Waals surface area contributed by atoms with Gasteiger partial charge in [-0.2, -0.15) is 4.31 Å². The molecule has 0 aromatic carbocycles. The summed E-state index contributed by atoms with van der Waals surface area (Å²) in [7, 11) is -3.60. The molecule has 1 atom stereocenters. The number of fused-ring (bicyclic) bond motifs is 1. The van der Waals surface area contributed by atoms with Gasteiger partial charge in [0.05, 0.1) is 0 Å². The lowest BCUT2D eigenvalue weighted by Gasteiger charge is -2.35. The van der Waals surface area contributed by atoms with E-state index in [2.05, 4.69) is 9.97 Å². The van der Waals surface area contributed by atoms with Crippen molar-refractivity contribution < 1.29 is 13.2 Å². The zero-order valence-corrected chi connectivity index (χ0v) is 14.7. The summed E-state index contributed by atoms with van der Waals surface area (Å²) >= 11 is 0. The summed E-state index contributed by atoms with van der Waals surface area (Å²) in [5.74, 6) is 0.0821. The molecule has 1 fully saturated rings. The van der Waals surface area contributed by atoms with Crippen molar-refractivity contribution in [2.24, 2.45) is 5.92 Å². The van der Waals surface area contributed by atoms with Crippen LogP contribution in [-0.4, -0.2) is 59.7 Å². The molecule has 7 nitrogen and oxygen atoms in total. The average Bonchev–Trinajstić information content (AvgIpc) is 3.05. The second kappa shape index (κ2) is 6.52. The number of sulfonamides is 1. The summed E-state index contributed by atoms with van der Waals surface area (Å²) in [6, 6.07) is 3.46. The van der Waals surface area contributed by atoms with Gasteiger partial charge in [0, 0.05) is 49.9 Å². The van der Waals surface area contributed by atoms with Gasteiger partial charge in [0.15, 0.2) is 0 Å². The lowest BCUT2D eigenvalue weighted by Crippen LogP contribution is -2.51. The Kier molecular flexibility index (Phi) is 4.60. The van der Waals surface area contributed by atoms with Gasteiger partial charge in [0.1, 0.15) is 10.5 Å². The number of pyridine rings is 1. The number of H-pyrrole nitrogens is 1. The number of carbonyl (C=O) groups is 1. The molecule has 3 rings (SSSR count). The Morgan fingerprint density at radius 3 is 2.71 bits per heavy atom. The van der Waals surface area contributed by atoms with Gasteiger partial charge in [0.2, 0.25) is 15.9 Å². The quantitative estimate of drug-likeness (QED) is 0.904. The Morgan fingerprint density at radius 1 is 1.33 bits per heavy atom. The van der Waals surface area contributed by atoms with Gasteiger partial charge in [-0.15, -0.1) is 0 Å². The van der Waals surface area contributed by atoms with Crippen LogP contribution in [0.1, 0.15) is 20.3 Å². The lowest BCUT2D eigenvalue weighted by atomic mass is 10.1. The molecule has 130 valence electrons. The topological polar surface area (TPSA) is 86.4 Å². The zero-order valence-electron chi connectivity index (χ0n) is 13.9. The van der Waals surface area contributed by atoms with Crippen LogP contribution in [-0.2, 0) is 14.8 Å². The molecule has 24 heavy (non-hydrogen) atoms. The van der Waals surface area contributed by atoms with E-state index in [4.69, 9.17) is 0 Å². The lowest BCUT2D eigenvalue weighted by molar-refractivity contribution is -0.136. The molecule has 2 aromatic heterocycles. The van der Waals surface area contributed by atoms with E-state index < -0.39 is 10.0 Å². The average molecular weight is 350 g/mol. The fourth-order valence-electron chi connectivity index (χ4n) is 2.92. The first-order valence-corrected chi connectivity index (χ1v) is 9.60. The minimum Gasteiger partial charge on any atom is -0.345 e. The Bertz CT molecular complexity index is 838. The van der Waals surface area contributed by atoms with Gasteiger partial charge in [-0.05, 0) is 18.6 Å². The third-order valence-corrected chi connectivity index (χ3v) is 6.55. The number of aromatic amines is 1. The first kappa shape index (κ1) is 16.9. The van der Waals surface area contributed by atoms with Gasteiger partial charge >= 0.3 is 0 Å². The summed E-state index contributed by atoms with van der Waals surface area (Å²) in [4.78, 5) is 21.3. The standard InChI is InChI=1S/C16H22N4O3S/c1-3-12(2)16(21)19-7-9-20(10-8-19)24(22,23)14-11-18-15-13(14)5-4-6-17-15/h4-6,11-12H,3,7-10H2,1-2H3,(H,17,18)/t12-/m0/s1. The van der Waals surface area contributed by atoms with Crippen molar-refractivity contribution in [2.45, 2.75) is 25.2 Å². The normalized spacial score (nSPS) is 18.0. The highest BCUT2D eigenvalue weighted by Crippen LogP contribution is 2.25. The number of nitrogens with one attached hydrogen (secondary N) is 1. The summed E-state index contributed by atoms with van der Waals surface area (Å²) in [6.45, 7) is 5.39. The van der Waals surface area contributed by atoms with E-state index in [-0.39, 0.29) is 16.7 Å². The maximum absolute atomic E-state index is 12.9. The molecule has 8 heteroatoms. The van der Waals surface area contributed by atoms with Crippen molar-refractivity contribution in [2.75, 3.05) is 26.2 Å². The number of piperazine rings is 1. The Morgan fingerprint density at radius 2 is 2.04 bits per heavy atom. The smallest absolute Gasteiger partial charge is 0.245 e. The van der Waals surface area contributed by atoms with Crippen molar-refractivity contribution in [3.05, 3.63) is 24.5 Å². The SMILES string of the molecule is CC[C@H](C)C(=O)N1CCN(S(=O)(=O)c2c[nH]c3ncccc23)CC1. The van der Waals surface area contributed by atoms with E-state index in [9.17, 15) is 13.2 Å². The molecule has 1 saturated heterocycles. The highest BCUT2D eigenvalue weighted by molar-refractivity contribution is 7.89. The largest absolute Gasteiger partial charge is 0.345 e. The number of amides is 1. The van der Waals surface area contributed by atoms with Crippen LogP contribution in [0.15, 0.2) is 29.4 Å². The molecule has 1 aliphatic rings. The van der Waals surface area contributed by atoms with Crippen molar-refractivity contribution >= 4 is 27.0 Å². The molecule has 1 amide bonds. The summed E-state index contributed by atoms with van der Waals surface area (Å²) in [5.41, 5.74) is 0.557. The van der Waals surface area contributed by atoms with E-state index in [1.54, 1.807) is 23.2 Å². The number of hydrogen-bond acceptors (Lipinski definition) is 4. The summed E-state index contributed by atoms with van der Waals surface area (Å²) in [5, 5.41) is 0.593. The molecule has 0 bridgehead atoms. The highest BCUT2D eigenvalue weighted by Gasteiger charge is 2.32. The van der Waals surface area contributed by atoms with Crippen molar-refractivity contribution in [3.63, 3.8) is 0 Å². The molecule has 0 radical (unpaired) electrons. The first-order chi connectivity index (χ1) is 11.4. The summed E-state index contributed by atoms with van der Waals surface area (Å²) < 4.78 is 27.3. The van der Waals surface area contributed by atoms with E-state index in [1.807, 2.05) is 13.8 Å². The number of rotatable bonds is 4. The van der Waals surface area contributed by atoms with Gasteiger partial charge in [-0.1, -0.05) is 13.8 Å². The predicted molar refractivity (Wildman–Crippen MR) is 90.9 cm³/mol. The van der Waals surface area contributed by atoms with Gasteiger partial charge in [0.25, 0.3) is 0 Å². The second-order valence-corrected chi connectivity index (χ2v) is 8.00. The molecular weight excluding hydrogens is 328 g/mol. The molecule has 1 N–H and O–H groups in total. The van der Waals surface area contributed by atoms with E-state index in [1.165, 1.54) is 10.5 Å². The highest BCUT2D eigenvalue weighted by atomic mass is 32.2. The third-order valence-electron chi connectivity index (χ3n) is 4.62. The number of hydrogen-bond donors (Lipinski definition) is 1. The van der Waals surface area contributed by atoms with Crippen molar-refractivity contribution in [1.29, 1.82) is 0 Å². The summed E-state index contributed by atoms with van der Waals surface area (Å²) in [6.07, 6.45) is 3.90. The van der Waals surface area contributed by atoms with Crippen LogP contribution in [0.2, 0.25) is 0 Å². The minimum absolute atomic E-state index is 0.0205. The van der Waals surface area contributed by atoms with E-state index in [0.29, 0.717) is 37.2 Å². The fraction of sp³-hybridized carbons (Fsp3) is 0.500. The fourth-order valence-corrected chi connectivity index (χ4v) is 4.49. The van der Waals surface area contributed by atoms with Crippen LogP contribution in [0.5, 0.6) is 0 Å². The molecule has 0 aliphatic carbocycles. The van der Waals surface area contributed by atoms with Crippen LogP contribution in [0.4, 0.5) is 0 Å². The predicted octanol–water partition coefficient (Wildman–Crippen LogP) is 1.44. The van der Waals surface area contributed by atoms with Crippen LogP contribution in [0.3, 0.4) is 0 Å². The molecule has 1 aliphatic heterocycles. The van der Waals surface area contributed by atoms with Gasteiger partial charge in [-0.25, -0.2) is 13.4 Å². The van der Waals surface area contributed by atoms with Crippen LogP contribution in [0.25, 0.3) is 11.0 Å². The maximum Gasteiger partial charge on any atom is 0.245 e. The Labute approximate surface area is 141 Å².